The summed E-state index contributed by atoms with van der Waals surface area (Å²) in [6.07, 6.45) is 10.1. The molecule has 0 bridgehead atoms. The number of ether oxygens (including phenoxy) is 1. The maximum Gasteiger partial charge on any atom is 0.123 e. The van der Waals surface area contributed by atoms with Crippen molar-refractivity contribution in [1.82, 2.24) is 15.0 Å². The normalized spacial score (nSPS) is 21.6. The summed E-state index contributed by atoms with van der Waals surface area (Å²) in [5, 5.41) is 0.965. The average Bonchev–Trinajstić information content (AvgIpc) is 3.51. The fourth-order valence-corrected chi connectivity index (χ4v) is 5.03. The molecule has 158 valence electrons. The molecule has 6 rings (SSSR count). The highest BCUT2D eigenvalue weighted by Crippen LogP contribution is 2.39. The number of nitrogens with zero attached hydrogens (tertiary/aromatic N) is 2. The molecule has 0 spiro atoms. The van der Waals surface area contributed by atoms with E-state index in [1.165, 1.54) is 11.6 Å². The number of halogens is 1. The Hall–Kier alpha value is -2.95. The van der Waals surface area contributed by atoms with Gasteiger partial charge in [-0.25, -0.2) is 9.37 Å². The quantitative estimate of drug-likeness (QED) is 0.416. The fraction of sp³-hybridized carbons (Fsp3) is 0.385. The SMILES string of the molecule is Fc1ccc2nccc([C@H]3CC[C@@H](Cc4nc5cc(OC6CC6)ccc5[nH]4)CC3)c2c1. The Kier molecular flexibility index (Phi) is 4.62. The van der Waals surface area contributed by atoms with Crippen LogP contribution in [0.15, 0.2) is 48.7 Å². The number of imidazole rings is 1. The third-order valence-electron chi connectivity index (χ3n) is 6.84. The van der Waals surface area contributed by atoms with Crippen LogP contribution in [-0.4, -0.2) is 21.1 Å². The van der Waals surface area contributed by atoms with Crippen LogP contribution in [-0.2, 0) is 6.42 Å². The summed E-state index contributed by atoms with van der Waals surface area (Å²) < 4.78 is 19.7. The third kappa shape index (κ3) is 3.89. The molecule has 1 N–H and O–H groups in total. The minimum atomic E-state index is -0.189. The minimum Gasteiger partial charge on any atom is -0.490 e. The van der Waals surface area contributed by atoms with E-state index in [1.807, 2.05) is 12.3 Å². The highest BCUT2D eigenvalue weighted by atomic mass is 19.1. The molecule has 5 heteroatoms. The molecule has 4 nitrogen and oxygen atoms in total. The van der Waals surface area contributed by atoms with Gasteiger partial charge in [0.25, 0.3) is 0 Å². The first-order chi connectivity index (χ1) is 15.2. The smallest absolute Gasteiger partial charge is 0.123 e. The van der Waals surface area contributed by atoms with Gasteiger partial charge in [-0.05, 0) is 92.3 Å². The van der Waals surface area contributed by atoms with Crippen molar-refractivity contribution < 1.29 is 9.13 Å². The van der Waals surface area contributed by atoms with Gasteiger partial charge >= 0.3 is 0 Å². The van der Waals surface area contributed by atoms with Crippen molar-refractivity contribution in [1.29, 1.82) is 0 Å². The molecule has 0 aliphatic heterocycles. The zero-order chi connectivity index (χ0) is 20.8. The van der Waals surface area contributed by atoms with E-state index in [-0.39, 0.29) is 5.82 Å². The Morgan fingerprint density at radius 2 is 1.81 bits per heavy atom. The van der Waals surface area contributed by atoms with Crippen molar-refractivity contribution >= 4 is 21.9 Å². The average molecular weight is 416 g/mol. The van der Waals surface area contributed by atoms with Gasteiger partial charge in [0, 0.05) is 24.1 Å². The topological polar surface area (TPSA) is 50.8 Å². The first kappa shape index (κ1) is 18.8. The second kappa shape index (κ2) is 7.63. The standard InChI is InChI=1S/C26H26FN3O/c27-18-5-9-23-22(14-18)21(11-12-28-23)17-3-1-16(2-4-17)13-26-29-24-10-8-20(15-25(24)30-26)31-19-6-7-19/h5,8-12,14-17,19H,1-4,6-7,13H2,(H,29,30)/t16-,17+. The van der Waals surface area contributed by atoms with E-state index in [1.54, 1.807) is 12.1 Å². The van der Waals surface area contributed by atoms with Crippen molar-refractivity contribution in [3.05, 3.63) is 65.9 Å². The molecule has 0 saturated heterocycles. The first-order valence-electron chi connectivity index (χ1n) is 11.4. The maximum absolute atomic E-state index is 13.8. The molecule has 4 aromatic rings. The zero-order valence-corrected chi connectivity index (χ0v) is 17.5. The van der Waals surface area contributed by atoms with E-state index in [4.69, 9.17) is 9.72 Å². The number of hydrogen-bond acceptors (Lipinski definition) is 3. The van der Waals surface area contributed by atoms with Crippen molar-refractivity contribution in [3.63, 3.8) is 0 Å². The number of benzene rings is 2. The van der Waals surface area contributed by atoms with Crippen LogP contribution < -0.4 is 4.74 Å². The van der Waals surface area contributed by atoms with Crippen LogP contribution in [0.3, 0.4) is 0 Å². The van der Waals surface area contributed by atoms with Gasteiger partial charge in [0.1, 0.15) is 17.4 Å². The van der Waals surface area contributed by atoms with Gasteiger partial charge in [-0.2, -0.15) is 0 Å². The number of hydrogen-bond donors (Lipinski definition) is 1. The molecule has 0 atom stereocenters. The Morgan fingerprint density at radius 3 is 2.65 bits per heavy atom. The van der Waals surface area contributed by atoms with Gasteiger partial charge in [-0.1, -0.05) is 0 Å². The number of nitrogens with one attached hydrogen (secondary N) is 1. The molecule has 0 radical (unpaired) electrons. The maximum atomic E-state index is 13.8. The number of rotatable bonds is 5. The summed E-state index contributed by atoms with van der Waals surface area (Å²) in [6.45, 7) is 0. The predicted molar refractivity (Wildman–Crippen MR) is 120 cm³/mol. The van der Waals surface area contributed by atoms with E-state index in [0.29, 0.717) is 17.9 Å². The molecule has 2 aromatic heterocycles. The van der Waals surface area contributed by atoms with Crippen molar-refractivity contribution in [3.8, 4) is 5.75 Å². The summed E-state index contributed by atoms with van der Waals surface area (Å²) >= 11 is 0. The number of fused-ring (bicyclic) bond motifs is 2. The van der Waals surface area contributed by atoms with Crippen LogP contribution in [0.1, 0.15) is 55.8 Å². The van der Waals surface area contributed by atoms with Crippen LogP contribution in [0, 0.1) is 11.7 Å². The molecule has 2 aromatic carbocycles. The number of H-pyrrole nitrogens is 1. The molecule has 2 saturated carbocycles. The van der Waals surface area contributed by atoms with Crippen molar-refractivity contribution in [2.24, 2.45) is 5.92 Å². The minimum absolute atomic E-state index is 0.189. The molecule has 31 heavy (non-hydrogen) atoms. The zero-order valence-electron chi connectivity index (χ0n) is 17.5. The lowest BCUT2D eigenvalue weighted by Gasteiger charge is -2.29. The second-order valence-corrected chi connectivity index (χ2v) is 9.16. The summed E-state index contributed by atoms with van der Waals surface area (Å²) in [4.78, 5) is 12.7. The summed E-state index contributed by atoms with van der Waals surface area (Å²) in [5.41, 5.74) is 4.20. The van der Waals surface area contributed by atoms with Gasteiger partial charge in [0.05, 0.1) is 22.7 Å². The summed E-state index contributed by atoms with van der Waals surface area (Å²) in [6, 6.07) is 13.2. The molecular weight excluding hydrogens is 389 g/mol. The second-order valence-electron chi connectivity index (χ2n) is 9.16. The number of aromatic amines is 1. The number of pyridine rings is 1. The monoisotopic (exact) mass is 415 g/mol. The molecule has 2 aliphatic carbocycles. The first-order valence-corrected chi connectivity index (χ1v) is 11.4. The Morgan fingerprint density at radius 1 is 0.935 bits per heavy atom. The highest BCUT2D eigenvalue weighted by Gasteiger charge is 2.25. The predicted octanol–water partition coefficient (Wildman–Crippen LogP) is 6.31. The lowest BCUT2D eigenvalue weighted by molar-refractivity contribution is 0.303. The molecule has 2 fully saturated rings. The van der Waals surface area contributed by atoms with Gasteiger partial charge in [0.2, 0.25) is 0 Å². The van der Waals surface area contributed by atoms with Gasteiger partial charge in [-0.15, -0.1) is 0 Å². The highest BCUT2D eigenvalue weighted by molar-refractivity contribution is 5.82. The van der Waals surface area contributed by atoms with E-state index in [9.17, 15) is 4.39 Å². The van der Waals surface area contributed by atoms with Crippen LogP contribution in [0.25, 0.3) is 21.9 Å². The van der Waals surface area contributed by atoms with Gasteiger partial charge < -0.3 is 9.72 Å². The fourth-order valence-electron chi connectivity index (χ4n) is 5.03. The van der Waals surface area contributed by atoms with E-state index in [0.717, 1.165) is 78.5 Å². The van der Waals surface area contributed by atoms with Crippen LogP contribution in [0.5, 0.6) is 5.75 Å². The largest absolute Gasteiger partial charge is 0.490 e. The molecule has 0 amide bonds. The summed E-state index contributed by atoms with van der Waals surface area (Å²) in [5.74, 6) is 2.91. The van der Waals surface area contributed by atoms with Crippen LogP contribution >= 0.6 is 0 Å². The van der Waals surface area contributed by atoms with Crippen molar-refractivity contribution in [2.75, 3.05) is 0 Å². The molecule has 0 unspecified atom stereocenters. The lowest BCUT2D eigenvalue weighted by Crippen LogP contribution is -2.16. The Bertz CT molecular complexity index is 1240. The van der Waals surface area contributed by atoms with Crippen LogP contribution in [0.2, 0.25) is 0 Å². The number of aromatic nitrogens is 3. The Balaban J connectivity index is 1.14. The van der Waals surface area contributed by atoms with E-state index < -0.39 is 0 Å². The van der Waals surface area contributed by atoms with E-state index >= 15 is 0 Å². The molecule has 2 heterocycles. The Labute approximate surface area is 180 Å². The lowest BCUT2D eigenvalue weighted by atomic mass is 9.77. The van der Waals surface area contributed by atoms with E-state index in [2.05, 4.69) is 28.2 Å². The van der Waals surface area contributed by atoms with Crippen molar-refractivity contribution in [2.45, 2.75) is 57.0 Å². The summed E-state index contributed by atoms with van der Waals surface area (Å²) in [7, 11) is 0. The van der Waals surface area contributed by atoms with Gasteiger partial charge in [0.15, 0.2) is 0 Å². The molecular formula is C26H26FN3O. The molecule has 2 aliphatic rings. The van der Waals surface area contributed by atoms with Gasteiger partial charge in [-0.3, -0.25) is 4.98 Å². The van der Waals surface area contributed by atoms with Crippen LogP contribution in [0.4, 0.5) is 4.39 Å². The third-order valence-corrected chi connectivity index (χ3v) is 6.84.